The number of nitro benzene ring substituents is 1. The van der Waals surface area contributed by atoms with Crippen LogP contribution in [0.25, 0.3) is 17.1 Å². The lowest BCUT2D eigenvalue weighted by Gasteiger charge is -2.07. The van der Waals surface area contributed by atoms with Gasteiger partial charge in [0.2, 0.25) is 0 Å². The van der Waals surface area contributed by atoms with E-state index in [2.05, 4.69) is 16.0 Å². The molecular formula is C22H17N5O5. The predicted octanol–water partition coefficient (Wildman–Crippen LogP) is 3.42. The Hall–Kier alpha value is -4.73. The van der Waals surface area contributed by atoms with E-state index in [1.54, 1.807) is 23.7 Å². The molecule has 10 nitrogen and oxygen atoms in total. The van der Waals surface area contributed by atoms with E-state index in [0.717, 1.165) is 5.69 Å². The summed E-state index contributed by atoms with van der Waals surface area (Å²) in [7, 11) is 0. The van der Waals surface area contributed by atoms with Crippen molar-refractivity contribution in [3.8, 4) is 17.1 Å². The van der Waals surface area contributed by atoms with Crippen molar-refractivity contribution in [1.29, 1.82) is 0 Å². The van der Waals surface area contributed by atoms with Crippen LogP contribution in [0.5, 0.6) is 0 Å². The van der Waals surface area contributed by atoms with Crippen molar-refractivity contribution in [3.05, 3.63) is 99.9 Å². The van der Waals surface area contributed by atoms with Gasteiger partial charge in [-0.15, -0.1) is 0 Å². The van der Waals surface area contributed by atoms with Crippen LogP contribution in [0.3, 0.4) is 0 Å². The number of amides is 2. The Morgan fingerprint density at radius 1 is 0.969 bits per heavy atom. The second-order valence-electron chi connectivity index (χ2n) is 6.79. The number of carbonyl (C=O) groups is 2. The number of nitro groups is 1. The van der Waals surface area contributed by atoms with E-state index in [1.165, 1.54) is 30.5 Å². The quantitative estimate of drug-likeness (QED) is 0.368. The van der Waals surface area contributed by atoms with Crippen molar-refractivity contribution in [3.63, 3.8) is 0 Å². The SMILES string of the molecule is Cc1ccc(-c2nn(-c3ccccc3)cc2C(=O)NNC(=O)c2ccc([N+](=O)[O-])cc2)o1. The third-order valence-corrected chi connectivity index (χ3v) is 4.58. The molecular weight excluding hydrogens is 414 g/mol. The number of hydrogen-bond donors (Lipinski definition) is 2. The molecule has 0 saturated heterocycles. The molecule has 2 N–H and O–H groups in total. The molecule has 0 aliphatic rings. The summed E-state index contributed by atoms with van der Waals surface area (Å²) in [5.41, 5.74) is 5.90. The van der Waals surface area contributed by atoms with E-state index in [1.807, 2.05) is 30.3 Å². The molecule has 32 heavy (non-hydrogen) atoms. The monoisotopic (exact) mass is 431 g/mol. The van der Waals surface area contributed by atoms with Crippen molar-refractivity contribution in [2.24, 2.45) is 0 Å². The van der Waals surface area contributed by atoms with E-state index >= 15 is 0 Å². The Labute approximate surface area is 181 Å². The lowest BCUT2D eigenvalue weighted by Crippen LogP contribution is -2.41. The summed E-state index contributed by atoms with van der Waals surface area (Å²) in [6.07, 6.45) is 1.54. The van der Waals surface area contributed by atoms with E-state index in [-0.39, 0.29) is 16.8 Å². The van der Waals surface area contributed by atoms with E-state index in [0.29, 0.717) is 17.2 Å². The first-order valence-electron chi connectivity index (χ1n) is 9.49. The number of hydrazine groups is 1. The maximum Gasteiger partial charge on any atom is 0.273 e. The van der Waals surface area contributed by atoms with Gasteiger partial charge < -0.3 is 4.42 Å². The van der Waals surface area contributed by atoms with Crippen molar-refractivity contribution < 1.29 is 18.9 Å². The molecule has 160 valence electrons. The van der Waals surface area contributed by atoms with Crippen LogP contribution in [0, 0.1) is 17.0 Å². The maximum atomic E-state index is 12.9. The number of hydrogen-bond acceptors (Lipinski definition) is 6. The lowest BCUT2D eigenvalue weighted by atomic mass is 10.2. The van der Waals surface area contributed by atoms with Crippen LogP contribution in [0.15, 0.2) is 77.3 Å². The largest absolute Gasteiger partial charge is 0.460 e. The zero-order valence-corrected chi connectivity index (χ0v) is 16.8. The first-order valence-corrected chi connectivity index (χ1v) is 9.49. The molecule has 0 aliphatic heterocycles. The lowest BCUT2D eigenvalue weighted by molar-refractivity contribution is -0.384. The number of para-hydroxylation sites is 1. The van der Waals surface area contributed by atoms with Gasteiger partial charge in [-0.05, 0) is 43.3 Å². The topological polar surface area (TPSA) is 132 Å². The van der Waals surface area contributed by atoms with Gasteiger partial charge in [-0.25, -0.2) is 4.68 Å². The molecule has 2 amide bonds. The molecule has 4 aromatic rings. The Morgan fingerprint density at radius 3 is 2.28 bits per heavy atom. The van der Waals surface area contributed by atoms with Crippen molar-refractivity contribution in [2.45, 2.75) is 6.92 Å². The number of aromatic nitrogens is 2. The number of nitrogens with one attached hydrogen (secondary N) is 2. The summed E-state index contributed by atoms with van der Waals surface area (Å²) in [6.45, 7) is 1.78. The van der Waals surface area contributed by atoms with Crippen molar-refractivity contribution in [2.75, 3.05) is 0 Å². The molecule has 4 rings (SSSR count). The zero-order valence-electron chi connectivity index (χ0n) is 16.8. The first kappa shape index (κ1) is 20.5. The number of nitrogens with zero attached hydrogens (tertiary/aromatic N) is 3. The summed E-state index contributed by atoms with van der Waals surface area (Å²) >= 11 is 0. The highest BCUT2D eigenvalue weighted by Gasteiger charge is 2.21. The van der Waals surface area contributed by atoms with Crippen molar-refractivity contribution in [1.82, 2.24) is 20.6 Å². The maximum absolute atomic E-state index is 12.9. The summed E-state index contributed by atoms with van der Waals surface area (Å²) in [4.78, 5) is 35.3. The minimum Gasteiger partial charge on any atom is -0.460 e. The van der Waals surface area contributed by atoms with Crippen LogP contribution in [-0.2, 0) is 0 Å². The summed E-state index contributed by atoms with van der Waals surface area (Å²) in [5, 5.41) is 15.2. The average molecular weight is 431 g/mol. The van der Waals surface area contributed by atoms with Gasteiger partial charge in [0.25, 0.3) is 17.5 Å². The molecule has 0 radical (unpaired) electrons. The van der Waals surface area contributed by atoms with Gasteiger partial charge in [-0.1, -0.05) is 18.2 Å². The molecule has 0 fully saturated rings. The molecule has 0 saturated carbocycles. The van der Waals surface area contributed by atoms with E-state index < -0.39 is 16.7 Å². The highest BCUT2D eigenvalue weighted by molar-refractivity contribution is 6.02. The van der Waals surface area contributed by atoms with Gasteiger partial charge in [0.15, 0.2) is 5.76 Å². The third kappa shape index (κ3) is 4.24. The Morgan fingerprint density at radius 2 is 1.66 bits per heavy atom. The molecule has 2 aromatic carbocycles. The molecule has 0 unspecified atom stereocenters. The molecule has 0 bridgehead atoms. The number of carbonyl (C=O) groups excluding carboxylic acids is 2. The predicted molar refractivity (Wildman–Crippen MR) is 114 cm³/mol. The minimum absolute atomic E-state index is 0.141. The number of aryl methyl sites for hydroxylation is 1. The molecule has 0 atom stereocenters. The first-order chi connectivity index (χ1) is 15.4. The van der Waals surface area contributed by atoms with Gasteiger partial charge in [-0.2, -0.15) is 5.10 Å². The number of non-ortho nitro benzene ring substituents is 1. The third-order valence-electron chi connectivity index (χ3n) is 4.58. The normalized spacial score (nSPS) is 10.5. The van der Waals surface area contributed by atoms with Gasteiger partial charge in [-0.3, -0.25) is 30.6 Å². The van der Waals surface area contributed by atoms with Crippen LogP contribution in [0.1, 0.15) is 26.5 Å². The fourth-order valence-electron chi connectivity index (χ4n) is 2.98. The highest BCUT2D eigenvalue weighted by atomic mass is 16.6. The second-order valence-corrected chi connectivity index (χ2v) is 6.79. The number of benzene rings is 2. The van der Waals surface area contributed by atoms with Crippen LogP contribution in [-0.4, -0.2) is 26.5 Å². The van der Waals surface area contributed by atoms with Gasteiger partial charge in [0.05, 0.1) is 16.2 Å². The van der Waals surface area contributed by atoms with Crippen LogP contribution in [0.4, 0.5) is 5.69 Å². The van der Waals surface area contributed by atoms with Crippen molar-refractivity contribution >= 4 is 17.5 Å². The molecule has 2 heterocycles. The highest BCUT2D eigenvalue weighted by Crippen LogP contribution is 2.25. The average Bonchev–Trinajstić information content (AvgIpc) is 3.44. The summed E-state index contributed by atoms with van der Waals surface area (Å²) in [5.74, 6) is -0.165. The molecule has 2 aromatic heterocycles. The number of furan rings is 1. The molecule has 10 heteroatoms. The summed E-state index contributed by atoms with van der Waals surface area (Å²) < 4.78 is 7.18. The smallest absolute Gasteiger partial charge is 0.273 e. The van der Waals surface area contributed by atoms with Crippen LogP contribution < -0.4 is 10.9 Å². The summed E-state index contributed by atoms with van der Waals surface area (Å²) in [6, 6.07) is 17.7. The van der Waals surface area contributed by atoms with E-state index in [4.69, 9.17) is 4.42 Å². The minimum atomic E-state index is -0.626. The van der Waals surface area contributed by atoms with Gasteiger partial charge in [0.1, 0.15) is 11.5 Å². The van der Waals surface area contributed by atoms with Gasteiger partial charge >= 0.3 is 0 Å². The van der Waals surface area contributed by atoms with Gasteiger partial charge in [0, 0.05) is 23.9 Å². The Balaban J connectivity index is 1.56. The molecule has 0 spiro atoms. The fraction of sp³-hybridized carbons (Fsp3) is 0.0455. The van der Waals surface area contributed by atoms with E-state index in [9.17, 15) is 19.7 Å². The Kier molecular flexibility index (Phi) is 5.49. The van der Waals surface area contributed by atoms with Crippen LogP contribution >= 0.6 is 0 Å². The standard InChI is InChI=1S/C22H17N5O5/c1-14-7-12-19(32-14)20-18(13-26(25-20)16-5-3-2-4-6-16)22(29)24-23-21(28)15-8-10-17(11-9-15)27(30)31/h2-13H,1H3,(H,23,28)(H,24,29). The molecule has 0 aliphatic carbocycles. The Bertz CT molecular complexity index is 1290. The second kappa shape index (κ2) is 8.56. The van der Waals surface area contributed by atoms with Crippen LogP contribution in [0.2, 0.25) is 0 Å². The fourth-order valence-corrected chi connectivity index (χ4v) is 2.98. The number of rotatable bonds is 5. The zero-order chi connectivity index (χ0) is 22.7.